The quantitative estimate of drug-likeness (QED) is 0.550. The number of benzene rings is 2. The van der Waals surface area contributed by atoms with Gasteiger partial charge < -0.3 is 10.8 Å². The van der Waals surface area contributed by atoms with E-state index in [9.17, 15) is 10.0 Å². The van der Waals surface area contributed by atoms with Gasteiger partial charge in [-0.25, -0.2) is 4.98 Å². The van der Waals surface area contributed by atoms with Crippen molar-refractivity contribution in [3.8, 4) is 16.3 Å². The summed E-state index contributed by atoms with van der Waals surface area (Å²) in [6, 6.07) is 10.0. The largest absolute Gasteiger partial charge is 0.508 e. The number of hydrogen-bond acceptors (Lipinski definition) is 6. The highest BCUT2D eigenvalue weighted by Gasteiger charge is 2.09. The second-order valence-electron chi connectivity index (χ2n) is 4.04. The van der Waals surface area contributed by atoms with Crippen LogP contribution in [0.4, 0.5) is 11.4 Å². The summed E-state index contributed by atoms with van der Waals surface area (Å²) in [7, 11) is 0. The first-order valence-electron chi connectivity index (χ1n) is 5.50. The predicted octanol–water partition coefficient (Wildman–Crippen LogP) is 3.65. The topological polar surface area (TPSA) is 88.6 Å². The summed E-state index contributed by atoms with van der Waals surface area (Å²) in [6.07, 6.45) is 0. The number of nitroso groups, excluding NO2 is 1. The third kappa shape index (κ3) is 2.02. The molecular formula is C13H9N3O2S. The van der Waals surface area contributed by atoms with Crippen molar-refractivity contribution >= 4 is 32.9 Å². The number of aromatic nitrogens is 1. The van der Waals surface area contributed by atoms with Crippen molar-refractivity contribution in [3.05, 3.63) is 41.3 Å². The van der Waals surface area contributed by atoms with Gasteiger partial charge >= 0.3 is 0 Å². The van der Waals surface area contributed by atoms with E-state index in [0.717, 1.165) is 20.8 Å². The number of anilines is 1. The first-order chi connectivity index (χ1) is 9.17. The van der Waals surface area contributed by atoms with E-state index < -0.39 is 0 Å². The van der Waals surface area contributed by atoms with Gasteiger partial charge in [-0.1, -0.05) is 0 Å². The van der Waals surface area contributed by atoms with Crippen LogP contribution in [0.5, 0.6) is 5.75 Å². The Kier molecular flexibility index (Phi) is 2.64. The fraction of sp³-hybridized carbons (Fsp3) is 0. The summed E-state index contributed by atoms with van der Waals surface area (Å²) in [5.41, 5.74) is 7.77. The van der Waals surface area contributed by atoms with Crippen LogP contribution in [-0.4, -0.2) is 10.1 Å². The lowest BCUT2D eigenvalue weighted by Gasteiger charge is -1.99. The molecule has 0 bridgehead atoms. The molecule has 0 saturated carbocycles. The second kappa shape index (κ2) is 4.33. The van der Waals surface area contributed by atoms with Crippen LogP contribution in [0.15, 0.2) is 41.6 Å². The van der Waals surface area contributed by atoms with E-state index >= 15 is 0 Å². The molecule has 1 aromatic heterocycles. The average Bonchev–Trinajstić information content (AvgIpc) is 2.82. The van der Waals surface area contributed by atoms with Crippen LogP contribution in [0.25, 0.3) is 20.8 Å². The molecule has 0 amide bonds. The Morgan fingerprint density at radius 3 is 2.84 bits per heavy atom. The third-order valence-corrected chi connectivity index (χ3v) is 3.81. The molecule has 19 heavy (non-hydrogen) atoms. The molecule has 0 atom stereocenters. The summed E-state index contributed by atoms with van der Waals surface area (Å²) in [6.45, 7) is 0. The Bertz CT molecular complexity index is 783. The van der Waals surface area contributed by atoms with Crippen molar-refractivity contribution in [3.63, 3.8) is 0 Å². The van der Waals surface area contributed by atoms with Crippen molar-refractivity contribution < 1.29 is 5.11 Å². The molecule has 0 radical (unpaired) electrons. The van der Waals surface area contributed by atoms with Gasteiger partial charge in [0.05, 0.1) is 15.9 Å². The molecule has 2 aromatic carbocycles. The number of aromatic hydroxyl groups is 1. The van der Waals surface area contributed by atoms with Gasteiger partial charge in [-0.15, -0.1) is 16.2 Å². The Balaban J connectivity index is 2.16. The van der Waals surface area contributed by atoms with Crippen LogP contribution in [0.3, 0.4) is 0 Å². The molecule has 0 fully saturated rings. The molecular weight excluding hydrogens is 262 g/mol. The molecule has 3 rings (SSSR count). The van der Waals surface area contributed by atoms with E-state index in [1.165, 1.54) is 11.3 Å². The Morgan fingerprint density at radius 2 is 2.05 bits per heavy atom. The van der Waals surface area contributed by atoms with Crippen LogP contribution in [0, 0.1) is 4.91 Å². The number of nitrogens with two attached hydrogens (primary N) is 1. The molecule has 0 unspecified atom stereocenters. The van der Waals surface area contributed by atoms with Gasteiger partial charge in [0.15, 0.2) is 0 Å². The molecule has 0 aliphatic heterocycles. The highest BCUT2D eigenvalue weighted by molar-refractivity contribution is 7.21. The van der Waals surface area contributed by atoms with Crippen molar-refractivity contribution in [1.29, 1.82) is 0 Å². The maximum Gasteiger partial charge on any atom is 0.131 e. The zero-order chi connectivity index (χ0) is 13.4. The molecule has 0 spiro atoms. The van der Waals surface area contributed by atoms with Gasteiger partial charge in [0.2, 0.25) is 0 Å². The maximum absolute atomic E-state index is 10.6. The van der Waals surface area contributed by atoms with Gasteiger partial charge in [-0.2, -0.15) is 0 Å². The van der Waals surface area contributed by atoms with Gasteiger partial charge in [-0.05, 0) is 41.6 Å². The number of rotatable bonds is 2. The van der Waals surface area contributed by atoms with Crippen molar-refractivity contribution in [2.75, 3.05) is 5.73 Å². The first-order valence-corrected chi connectivity index (χ1v) is 6.32. The molecule has 0 aliphatic carbocycles. The summed E-state index contributed by atoms with van der Waals surface area (Å²) in [4.78, 5) is 15.1. The molecule has 1 heterocycles. The fourth-order valence-corrected chi connectivity index (χ4v) is 2.79. The molecule has 3 aromatic rings. The summed E-state index contributed by atoms with van der Waals surface area (Å²) in [5.74, 6) is 0.204. The number of nitrogens with zero attached hydrogens (tertiary/aromatic N) is 2. The Morgan fingerprint density at radius 1 is 1.21 bits per heavy atom. The van der Waals surface area contributed by atoms with E-state index in [-0.39, 0.29) is 11.4 Å². The molecule has 3 N–H and O–H groups in total. The molecule has 0 saturated heterocycles. The average molecular weight is 271 g/mol. The number of hydrogen-bond donors (Lipinski definition) is 2. The zero-order valence-corrected chi connectivity index (χ0v) is 10.5. The van der Waals surface area contributed by atoms with E-state index in [1.54, 1.807) is 36.4 Å². The smallest absolute Gasteiger partial charge is 0.131 e. The standard InChI is InChI=1S/C13H9N3O2S/c14-9-3-1-7(5-11(9)16-18)13-15-10-4-2-8(17)6-12(10)19-13/h1-6,17H,14H2. The second-order valence-corrected chi connectivity index (χ2v) is 5.07. The number of thiazole rings is 1. The van der Waals surface area contributed by atoms with Crippen molar-refractivity contribution in [2.45, 2.75) is 0 Å². The first kappa shape index (κ1) is 11.6. The van der Waals surface area contributed by atoms with Crippen molar-refractivity contribution in [1.82, 2.24) is 4.98 Å². The van der Waals surface area contributed by atoms with Gasteiger partial charge in [0.1, 0.15) is 16.4 Å². The normalized spacial score (nSPS) is 10.7. The third-order valence-electron chi connectivity index (χ3n) is 2.75. The van der Waals surface area contributed by atoms with Crippen molar-refractivity contribution in [2.24, 2.45) is 5.18 Å². The molecule has 94 valence electrons. The number of fused-ring (bicyclic) bond motifs is 1. The minimum atomic E-state index is 0.204. The van der Waals surface area contributed by atoms with Crippen LogP contribution >= 0.6 is 11.3 Å². The van der Waals surface area contributed by atoms with Crippen LogP contribution in [0.1, 0.15) is 0 Å². The minimum Gasteiger partial charge on any atom is -0.508 e. The zero-order valence-electron chi connectivity index (χ0n) is 9.70. The molecule has 6 heteroatoms. The lowest BCUT2D eigenvalue weighted by atomic mass is 10.2. The van der Waals surface area contributed by atoms with E-state index in [4.69, 9.17) is 5.73 Å². The number of phenolic OH excluding ortho intramolecular Hbond substituents is 1. The SMILES string of the molecule is Nc1ccc(-c2nc3ccc(O)cc3s2)cc1N=O. The highest BCUT2D eigenvalue weighted by Crippen LogP contribution is 2.35. The lowest BCUT2D eigenvalue weighted by molar-refractivity contribution is 0.476. The number of phenols is 1. The number of nitrogen functional groups attached to an aromatic ring is 1. The predicted molar refractivity (Wildman–Crippen MR) is 76.6 cm³/mol. The Labute approximate surface area is 112 Å². The molecule has 0 aliphatic rings. The van der Waals surface area contributed by atoms with Gasteiger partial charge in [0, 0.05) is 5.56 Å². The van der Waals surface area contributed by atoms with Crippen LogP contribution in [-0.2, 0) is 0 Å². The van der Waals surface area contributed by atoms with Gasteiger partial charge in [0.25, 0.3) is 0 Å². The van der Waals surface area contributed by atoms with E-state index in [2.05, 4.69) is 10.2 Å². The molecule has 5 nitrogen and oxygen atoms in total. The van der Waals surface area contributed by atoms with E-state index in [0.29, 0.717) is 5.69 Å². The van der Waals surface area contributed by atoms with Crippen LogP contribution < -0.4 is 5.73 Å². The summed E-state index contributed by atoms with van der Waals surface area (Å²) in [5, 5.41) is 13.1. The van der Waals surface area contributed by atoms with Crippen LogP contribution in [0.2, 0.25) is 0 Å². The fourth-order valence-electron chi connectivity index (χ4n) is 1.79. The Hall–Kier alpha value is -2.47. The lowest BCUT2D eigenvalue weighted by Crippen LogP contribution is -1.85. The van der Waals surface area contributed by atoms with Gasteiger partial charge in [-0.3, -0.25) is 0 Å². The highest BCUT2D eigenvalue weighted by atomic mass is 32.1. The summed E-state index contributed by atoms with van der Waals surface area (Å²) < 4.78 is 0.882. The minimum absolute atomic E-state index is 0.204. The monoisotopic (exact) mass is 271 g/mol. The van der Waals surface area contributed by atoms with E-state index in [1.807, 2.05) is 0 Å². The summed E-state index contributed by atoms with van der Waals surface area (Å²) >= 11 is 1.43. The maximum atomic E-state index is 10.6.